The molecule has 5 aromatic rings. The number of methoxy groups -OCH3 is 2. The molecule has 2 heterocycles. The van der Waals surface area contributed by atoms with Gasteiger partial charge in [0.15, 0.2) is 5.82 Å². The Hall–Kier alpha value is -4.53. The van der Waals surface area contributed by atoms with Crippen LogP contribution in [0.25, 0.3) is 33.5 Å². The minimum atomic E-state index is -0.418. The van der Waals surface area contributed by atoms with Crippen LogP contribution in [-0.4, -0.2) is 50.4 Å². The molecule has 2 aromatic heterocycles. The van der Waals surface area contributed by atoms with Crippen LogP contribution in [0.3, 0.4) is 0 Å². The van der Waals surface area contributed by atoms with Gasteiger partial charge < -0.3 is 9.47 Å². The van der Waals surface area contributed by atoms with E-state index in [0.29, 0.717) is 35.0 Å². The number of hydrogen-bond acceptors (Lipinski definition) is 7. The number of rotatable bonds is 6. The number of H-pyrrole nitrogens is 1. The van der Waals surface area contributed by atoms with Crippen molar-refractivity contribution in [3.05, 3.63) is 77.9 Å². The molecule has 0 radical (unpaired) electrons. The van der Waals surface area contributed by atoms with Gasteiger partial charge in [-0.15, -0.1) is 5.10 Å². The average Bonchev–Trinajstić information content (AvgIpc) is 3.52. The van der Waals surface area contributed by atoms with Crippen LogP contribution in [0.2, 0.25) is 0 Å². The second-order valence-electron chi connectivity index (χ2n) is 7.34. The van der Waals surface area contributed by atoms with Crippen LogP contribution in [0.1, 0.15) is 15.9 Å². The van der Waals surface area contributed by atoms with E-state index in [1.165, 1.54) is 7.11 Å². The number of imidazole rings is 1. The predicted molar refractivity (Wildman–Crippen MR) is 122 cm³/mol. The first-order valence-electron chi connectivity index (χ1n) is 10.2. The molecular formula is C24H20N6O3. The van der Waals surface area contributed by atoms with E-state index in [2.05, 4.69) is 25.6 Å². The Morgan fingerprint density at radius 3 is 2.45 bits per heavy atom. The molecule has 9 heteroatoms. The molecular weight excluding hydrogens is 420 g/mol. The van der Waals surface area contributed by atoms with Crippen molar-refractivity contribution in [3.63, 3.8) is 0 Å². The number of carbonyl (C=O) groups excluding carboxylic acids is 1. The highest BCUT2D eigenvalue weighted by Gasteiger charge is 2.19. The van der Waals surface area contributed by atoms with Crippen LogP contribution in [0.5, 0.6) is 6.01 Å². The zero-order valence-corrected chi connectivity index (χ0v) is 18.0. The molecule has 3 aromatic carbocycles. The van der Waals surface area contributed by atoms with Gasteiger partial charge in [0.05, 0.1) is 37.4 Å². The molecule has 0 fully saturated rings. The minimum Gasteiger partial charge on any atom is -0.468 e. The number of tetrazole rings is 1. The summed E-state index contributed by atoms with van der Waals surface area (Å²) in [5.41, 5.74) is 5.77. The van der Waals surface area contributed by atoms with Crippen molar-refractivity contribution < 1.29 is 14.3 Å². The molecule has 1 N–H and O–H groups in total. The molecule has 0 saturated carbocycles. The lowest BCUT2D eigenvalue weighted by atomic mass is 9.98. The smallest absolute Gasteiger partial charge is 0.340 e. The number of nitrogens with one attached hydrogen (secondary N) is 1. The fourth-order valence-corrected chi connectivity index (χ4v) is 3.93. The Balaban J connectivity index is 1.52. The fourth-order valence-electron chi connectivity index (χ4n) is 3.93. The summed E-state index contributed by atoms with van der Waals surface area (Å²) in [6.07, 6.45) is 0. The third-order valence-corrected chi connectivity index (χ3v) is 5.45. The number of carbonyl (C=O) groups is 1. The Morgan fingerprint density at radius 2 is 1.76 bits per heavy atom. The van der Waals surface area contributed by atoms with Gasteiger partial charge in [0, 0.05) is 5.56 Å². The van der Waals surface area contributed by atoms with Crippen molar-refractivity contribution in [3.8, 4) is 28.5 Å². The van der Waals surface area contributed by atoms with E-state index >= 15 is 0 Å². The summed E-state index contributed by atoms with van der Waals surface area (Å²) in [5.74, 6) is 0.193. The van der Waals surface area contributed by atoms with Crippen LogP contribution >= 0.6 is 0 Å². The van der Waals surface area contributed by atoms with E-state index in [-0.39, 0.29) is 0 Å². The summed E-state index contributed by atoms with van der Waals surface area (Å²) in [6, 6.07) is 21.9. The summed E-state index contributed by atoms with van der Waals surface area (Å²) in [7, 11) is 2.93. The lowest BCUT2D eigenvalue weighted by Crippen LogP contribution is -2.08. The Morgan fingerprint density at radius 1 is 0.970 bits per heavy atom. The summed E-state index contributed by atoms with van der Waals surface area (Å²) in [6.45, 7) is 0.474. The van der Waals surface area contributed by atoms with Gasteiger partial charge in [-0.2, -0.15) is 4.98 Å². The Bertz CT molecular complexity index is 1420. The molecule has 0 saturated heterocycles. The van der Waals surface area contributed by atoms with Crippen LogP contribution < -0.4 is 4.74 Å². The molecule has 0 unspecified atom stereocenters. The average molecular weight is 440 g/mol. The summed E-state index contributed by atoms with van der Waals surface area (Å²) < 4.78 is 12.3. The fraction of sp³-hybridized carbons (Fsp3) is 0.125. The van der Waals surface area contributed by atoms with Crippen molar-refractivity contribution in [2.24, 2.45) is 0 Å². The van der Waals surface area contributed by atoms with Crippen molar-refractivity contribution in [2.75, 3.05) is 14.2 Å². The van der Waals surface area contributed by atoms with Gasteiger partial charge in [0.25, 0.3) is 6.01 Å². The van der Waals surface area contributed by atoms with E-state index in [4.69, 9.17) is 9.47 Å². The normalized spacial score (nSPS) is 11.0. The van der Waals surface area contributed by atoms with Crippen molar-refractivity contribution in [1.82, 2.24) is 30.2 Å². The van der Waals surface area contributed by atoms with E-state index in [0.717, 1.165) is 22.3 Å². The summed E-state index contributed by atoms with van der Waals surface area (Å²) in [5, 5.41) is 14.2. The van der Waals surface area contributed by atoms with Gasteiger partial charge in [0.2, 0.25) is 0 Å². The van der Waals surface area contributed by atoms with Gasteiger partial charge in [-0.05, 0) is 39.2 Å². The van der Waals surface area contributed by atoms with Crippen LogP contribution in [0, 0.1) is 0 Å². The Labute approximate surface area is 189 Å². The molecule has 5 rings (SSSR count). The number of aromatic nitrogens is 6. The lowest BCUT2D eigenvalue weighted by molar-refractivity contribution is 0.0602. The second-order valence-corrected chi connectivity index (χ2v) is 7.34. The SMILES string of the molecule is COC(=O)c1cccc2nc(OC)n(Cc3ccc(-c4ccccc4-c4nnn[nH]4)cc3)c12. The first-order chi connectivity index (χ1) is 16.2. The number of hydrogen-bond donors (Lipinski definition) is 1. The molecule has 33 heavy (non-hydrogen) atoms. The molecule has 0 aliphatic carbocycles. The number of nitrogens with zero attached hydrogens (tertiary/aromatic N) is 5. The van der Waals surface area contributed by atoms with E-state index in [1.54, 1.807) is 19.2 Å². The maximum Gasteiger partial charge on any atom is 0.340 e. The summed E-state index contributed by atoms with van der Waals surface area (Å²) in [4.78, 5) is 16.9. The third kappa shape index (κ3) is 3.69. The van der Waals surface area contributed by atoms with Gasteiger partial charge in [-0.25, -0.2) is 9.89 Å². The third-order valence-electron chi connectivity index (χ3n) is 5.45. The molecule has 164 valence electrons. The summed E-state index contributed by atoms with van der Waals surface area (Å²) >= 11 is 0. The number of fused-ring (bicyclic) bond motifs is 1. The molecule has 0 aliphatic rings. The standard InChI is InChI=1S/C24H20N6O3/c1-32-23(31)19-8-5-9-20-21(19)30(24(25-20)33-2)14-15-10-12-16(13-11-15)17-6-3-4-7-18(17)22-26-28-29-27-22/h3-13H,14H2,1-2H3,(H,26,27,28,29). The highest BCUT2D eigenvalue weighted by atomic mass is 16.5. The monoisotopic (exact) mass is 440 g/mol. The number of esters is 1. The molecule has 9 nitrogen and oxygen atoms in total. The van der Waals surface area contributed by atoms with Crippen LogP contribution in [-0.2, 0) is 11.3 Å². The molecule has 0 aliphatic heterocycles. The topological polar surface area (TPSA) is 108 Å². The predicted octanol–water partition coefficient (Wildman–Crippen LogP) is 3.73. The van der Waals surface area contributed by atoms with Crippen molar-refractivity contribution >= 4 is 17.0 Å². The van der Waals surface area contributed by atoms with Gasteiger partial charge in [0.1, 0.15) is 0 Å². The first kappa shape index (κ1) is 20.4. The van der Waals surface area contributed by atoms with Gasteiger partial charge >= 0.3 is 5.97 Å². The lowest BCUT2D eigenvalue weighted by Gasteiger charge is -2.12. The van der Waals surface area contributed by atoms with E-state index < -0.39 is 5.97 Å². The number of ether oxygens (including phenoxy) is 2. The molecule has 0 spiro atoms. The zero-order chi connectivity index (χ0) is 22.8. The maximum atomic E-state index is 12.3. The van der Waals surface area contributed by atoms with Crippen LogP contribution in [0.15, 0.2) is 66.7 Å². The minimum absolute atomic E-state index is 0.418. The first-order valence-corrected chi connectivity index (χ1v) is 10.2. The quantitative estimate of drug-likeness (QED) is 0.401. The van der Waals surface area contributed by atoms with Crippen molar-refractivity contribution in [2.45, 2.75) is 6.54 Å². The largest absolute Gasteiger partial charge is 0.468 e. The maximum absolute atomic E-state index is 12.3. The van der Waals surface area contributed by atoms with E-state index in [9.17, 15) is 4.79 Å². The van der Waals surface area contributed by atoms with E-state index in [1.807, 2.05) is 59.2 Å². The molecule has 0 atom stereocenters. The highest BCUT2D eigenvalue weighted by molar-refractivity contribution is 6.02. The number of benzene rings is 3. The second kappa shape index (κ2) is 8.54. The molecule has 0 amide bonds. The van der Waals surface area contributed by atoms with Crippen LogP contribution in [0.4, 0.5) is 0 Å². The Kier molecular flexibility index (Phi) is 5.27. The van der Waals surface area contributed by atoms with Gasteiger partial charge in [-0.3, -0.25) is 4.57 Å². The zero-order valence-electron chi connectivity index (χ0n) is 18.0. The molecule has 0 bridgehead atoms. The van der Waals surface area contributed by atoms with Gasteiger partial charge in [-0.1, -0.05) is 54.6 Å². The number of para-hydroxylation sites is 1. The number of aromatic amines is 1. The highest BCUT2D eigenvalue weighted by Crippen LogP contribution is 2.31. The van der Waals surface area contributed by atoms with Crippen molar-refractivity contribution in [1.29, 1.82) is 0 Å².